The van der Waals surface area contributed by atoms with Gasteiger partial charge in [-0.1, -0.05) is 24.3 Å². The number of aromatic nitrogens is 1. The molecule has 0 amide bonds. The van der Waals surface area contributed by atoms with Crippen LogP contribution in [0, 0.1) is 0 Å². The lowest BCUT2D eigenvalue weighted by atomic mass is 10.0. The summed E-state index contributed by atoms with van der Waals surface area (Å²) < 4.78 is 0. The van der Waals surface area contributed by atoms with Gasteiger partial charge in [0, 0.05) is 17.5 Å². The van der Waals surface area contributed by atoms with Gasteiger partial charge in [-0.3, -0.25) is 0 Å². The number of aliphatic hydroxyl groups is 2. The van der Waals surface area contributed by atoms with Crippen molar-refractivity contribution in [3.05, 3.63) is 35.2 Å². The SMILES string of the molecule is NCC(O)C(O)c1ccc(-c2csc(N)n2)cc1. The van der Waals surface area contributed by atoms with E-state index in [-0.39, 0.29) is 6.54 Å². The van der Waals surface area contributed by atoms with Crippen molar-refractivity contribution >= 4 is 16.5 Å². The Labute approximate surface area is 109 Å². The van der Waals surface area contributed by atoms with Crippen LogP contribution < -0.4 is 11.5 Å². The van der Waals surface area contributed by atoms with Gasteiger partial charge in [-0.2, -0.15) is 0 Å². The first-order valence-electron chi connectivity index (χ1n) is 5.49. The number of anilines is 1. The Kier molecular flexibility index (Phi) is 3.93. The fraction of sp³-hybridized carbons (Fsp3) is 0.250. The van der Waals surface area contributed by atoms with Gasteiger partial charge in [0.25, 0.3) is 0 Å². The smallest absolute Gasteiger partial charge is 0.180 e. The highest BCUT2D eigenvalue weighted by molar-refractivity contribution is 7.13. The van der Waals surface area contributed by atoms with Gasteiger partial charge in [-0.15, -0.1) is 11.3 Å². The second-order valence-electron chi connectivity index (χ2n) is 3.94. The molecule has 6 N–H and O–H groups in total. The van der Waals surface area contributed by atoms with Crippen LogP contribution >= 0.6 is 11.3 Å². The topological polar surface area (TPSA) is 105 Å². The molecule has 0 aliphatic heterocycles. The summed E-state index contributed by atoms with van der Waals surface area (Å²) in [6.45, 7) is 0.0194. The predicted molar refractivity (Wildman–Crippen MR) is 72.0 cm³/mol. The molecule has 1 aromatic carbocycles. The van der Waals surface area contributed by atoms with E-state index in [0.29, 0.717) is 10.7 Å². The van der Waals surface area contributed by atoms with E-state index >= 15 is 0 Å². The van der Waals surface area contributed by atoms with Gasteiger partial charge in [0.15, 0.2) is 5.13 Å². The summed E-state index contributed by atoms with van der Waals surface area (Å²) in [7, 11) is 0. The van der Waals surface area contributed by atoms with Crippen LogP contribution in [0.2, 0.25) is 0 Å². The number of aliphatic hydroxyl groups excluding tert-OH is 2. The summed E-state index contributed by atoms with van der Waals surface area (Å²) in [5.74, 6) is 0. The molecule has 5 nitrogen and oxygen atoms in total. The molecule has 2 aromatic rings. The number of rotatable bonds is 4. The van der Waals surface area contributed by atoms with Gasteiger partial charge >= 0.3 is 0 Å². The Morgan fingerprint density at radius 3 is 2.39 bits per heavy atom. The van der Waals surface area contributed by atoms with E-state index in [1.807, 2.05) is 17.5 Å². The fourth-order valence-electron chi connectivity index (χ4n) is 1.62. The van der Waals surface area contributed by atoms with Crippen LogP contribution in [-0.2, 0) is 0 Å². The third kappa shape index (κ3) is 2.68. The monoisotopic (exact) mass is 265 g/mol. The van der Waals surface area contributed by atoms with Crippen LogP contribution in [0.15, 0.2) is 29.6 Å². The average molecular weight is 265 g/mol. The third-order valence-electron chi connectivity index (χ3n) is 2.68. The lowest BCUT2D eigenvalue weighted by Gasteiger charge is -2.16. The maximum atomic E-state index is 9.79. The van der Waals surface area contributed by atoms with Crippen LogP contribution in [0.1, 0.15) is 11.7 Å². The number of hydrogen-bond donors (Lipinski definition) is 4. The zero-order valence-electron chi connectivity index (χ0n) is 9.65. The molecule has 0 saturated carbocycles. The van der Waals surface area contributed by atoms with Crippen molar-refractivity contribution in [3.8, 4) is 11.3 Å². The van der Waals surface area contributed by atoms with E-state index in [9.17, 15) is 10.2 Å². The van der Waals surface area contributed by atoms with E-state index < -0.39 is 12.2 Å². The molecule has 2 atom stereocenters. The summed E-state index contributed by atoms with van der Waals surface area (Å²) in [4.78, 5) is 4.17. The number of hydrogen-bond acceptors (Lipinski definition) is 6. The second-order valence-corrected chi connectivity index (χ2v) is 4.83. The molecular formula is C12H15N3O2S. The molecule has 0 fully saturated rings. The zero-order valence-corrected chi connectivity index (χ0v) is 10.5. The molecule has 0 saturated heterocycles. The zero-order chi connectivity index (χ0) is 13.1. The third-order valence-corrected chi connectivity index (χ3v) is 3.35. The maximum Gasteiger partial charge on any atom is 0.180 e. The first kappa shape index (κ1) is 13.0. The van der Waals surface area contributed by atoms with Gasteiger partial charge in [0.2, 0.25) is 0 Å². The largest absolute Gasteiger partial charge is 0.389 e. The second kappa shape index (κ2) is 5.45. The first-order valence-corrected chi connectivity index (χ1v) is 6.37. The van der Waals surface area contributed by atoms with Crippen molar-refractivity contribution in [1.82, 2.24) is 4.98 Å². The molecule has 1 aromatic heterocycles. The van der Waals surface area contributed by atoms with Gasteiger partial charge in [-0.05, 0) is 5.56 Å². The highest BCUT2D eigenvalue weighted by Crippen LogP contribution is 2.25. The summed E-state index contributed by atoms with van der Waals surface area (Å²) >= 11 is 1.38. The van der Waals surface area contributed by atoms with Crippen LogP contribution in [0.5, 0.6) is 0 Å². The summed E-state index contributed by atoms with van der Waals surface area (Å²) in [6.07, 6.45) is -1.92. The van der Waals surface area contributed by atoms with Crippen LogP contribution in [-0.4, -0.2) is 27.8 Å². The van der Waals surface area contributed by atoms with E-state index in [1.165, 1.54) is 11.3 Å². The fourth-order valence-corrected chi connectivity index (χ4v) is 2.19. The normalized spacial score (nSPS) is 14.4. The minimum absolute atomic E-state index is 0.0194. The quantitative estimate of drug-likeness (QED) is 0.652. The van der Waals surface area contributed by atoms with Gasteiger partial charge < -0.3 is 21.7 Å². The molecule has 0 spiro atoms. The Morgan fingerprint density at radius 1 is 1.22 bits per heavy atom. The van der Waals surface area contributed by atoms with Crippen molar-refractivity contribution < 1.29 is 10.2 Å². The van der Waals surface area contributed by atoms with Crippen molar-refractivity contribution in [3.63, 3.8) is 0 Å². The Hall–Kier alpha value is -1.47. The number of nitrogen functional groups attached to an aromatic ring is 1. The van der Waals surface area contributed by atoms with E-state index in [1.54, 1.807) is 12.1 Å². The first-order chi connectivity index (χ1) is 8.61. The van der Waals surface area contributed by atoms with Crippen molar-refractivity contribution in [2.75, 3.05) is 12.3 Å². The van der Waals surface area contributed by atoms with Gasteiger partial charge in [0.05, 0.1) is 11.8 Å². The number of nitrogens with two attached hydrogens (primary N) is 2. The molecule has 0 aliphatic rings. The number of nitrogens with zero attached hydrogens (tertiary/aromatic N) is 1. The van der Waals surface area contributed by atoms with Crippen LogP contribution in [0.3, 0.4) is 0 Å². The highest BCUT2D eigenvalue weighted by atomic mass is 32.1. The molecule has 96 valence electrons. The molecule has 0 bridgehead atoms. The molecule has 2 rings (SSSR count). The minimum Gasteiger partial charge on any atom is -0.389 e. The molecule has 0 radical (unpaired) electrons. The lowest BCUT2D eigenvalue weighted by molar-refractivity contribution is 0.0243. The van der Waals surface area contributed by atoms with Gasteiger partial charge in [-0.25, -0.2) is 4.98 Å². The number of thiazole rings is 1. The predicted octanol–water partition coefficient (Wildman–Crippen LogP) is 0.745. The van der Waals surface area contributed by atoms with E-state index in [0.717, 1.165) is 11.3 Å². The molecule has 6 heteroatoms. The Balaban J connectivity index is 2.20. The lowest BCUT2D eigenvalue weighted by Crippen LogP contribution is -2.27. The highest BCUT2D eigenvalue weighted by Gasteiger charge is 2.16. The molecule has 18 heavy (non-hydrogen) atoms. The average Bonchev–Trinajstić information content (AvgIpc) is 2.84. The molecular weight excluding hydrogens is 250 g/mol. The molecule has 0 aliphatic carbocycles. The summed E-state index contributed by atoms with van der Waals surface area (Å²) in [5, 5.41) is 21.6. The summed E-state index contributed by atoms with van der Waals surface area (Å²) in [5.41, 5.74) is 13.2. The standard InChI is InChI=1S/C12H15N3O2S/c13-5-10(16)11(17)8-3-1-7(2-4-8)9-6-18-12(14)15-9/h1-4,6,10-11,16-17H,5,13H2,(H2,14,15). The van der Waals surface area contributed by atoms with Crippen molar-refractivity contribution in [2.45, 2.75) is 12.2 Å². The van der Waals surface area contributed by atoms with Crippen LogP contribution in [0.4, 0.5) is 5.13 Å². The molecule has 1 heterocycles. The Morgan fingerprint density at radius 2 is 1.89 bits per heavy atom. The van der Waals surface area contributed by atoms with E-state index in [4.69, 9.17) is 11.5 Å². The Bertz CT molecular complexity index is 512. The van der Waals surface area contributed by atoms with Gasteiger partial charge in [0.1, 0.15) is 6.10 Å². The summed E-state index contributed by atoms with van der Waals surface area (Å²) in [6, 6.07) is 7.15. The maximum absolute atomic E-state index is 9.79. The van der Waals surface area contributed by atoms with Crippen LogP contribution in [0.25, 0.3) is 11.3 Å². The van der Waals surface area contributed by atoms with Crippen molar-refractivity contribution in [2.24, 2.45) is 5.73 Å². The van der Waals surface area contributed by atoms with E-state index in [2.05, 4.69) is 4.98 Å². The minimum atomic E-state index is -0.968. The number of benzene rings is 1. The van der Waals surface area contributed by atoms with Crippen molar-refractivity contribution in [1.29, 1.82) is 0 Å². The molecule has 2 unspecified atom stereocenters.